The molecule has 1 aromatic heterocycles. The Bertz CT molecular complexity index is 1850. The van der Waals surface area contributed by atoms with Crippen LogP contribution < -0.4 is 4.74 Å². The Hall–Kier alpha value is -3.16. The highest BCUT2D eigenvalue weighted by atomic mass is 79.9. The summed E-state index contributed by atoms with van der Waals surface area (Å²) in [6.45, 7) is 11.3. The van der Waals surface area contributed by atoms with Crippen LogP contribution in [0.1, 0.15) is 82.0 Å². The van der Waals surface area contributed by atoms with E-state index in [-0.39, 0.29) is 57.1 Å². The molecule has 2 aromatic carbocycles. The minimum absolute atomic E-state index is 0.00386. The molecule has 4 atom stereocenters. The van der Waals surface area contributed by atoms with E-state index in [0.29, 0.717) is 16.9 Å². The zero-order valence-electron chi connectivity index (χ0n) is 28.5. The maximum absolute atomic E-state index is 15.4. The van der Waals surface area contributed by atoms with Gasteiger partial charge in [0.25, 0.3) is 5.88 Å². The monoisotopic (exact) mass is 740 g/mol. The van der Waals surface area contributed by atoms with Gasteiger partial charge in [-0.1, -0.05) is 51.1 Å². The molecular weight excluding hydrogens is 699 g/mol. The minimum Gasteiger partial charge on any atom is -0.508 e. The number of carbonyl (C=O) groups is 2. The summed E-state index contributed by atoms with van der Waals surface area (Å²) < 4.78 is 34.7. The SMILES string of the molecule is Cc1c(CO)c(F)c(Br)c2c1C(=O)C1=C(O)[C@]3(O[Si](C)(C)C(C)(C)C)C(=O)c4c(OCc5ccccc5)noc4[C@@H](N(C)C)[C@@H]3C[C@@H]1C2. The third-order valence-corrected chi connectivity index (χ3v) is 16.2. The zero-order valence-corrected chi connectivity index (χ0v) is 31.1. The topological polar surface area (TPSA) is 122 Å². The summed E-state index contributed by atoms with van der Waals surface area (Å²) in [5.41, 5.74) is 0.0808. The number of halogens is 2. The summed E-state index contributed by atoms with van der Waals surface area (Å²) in [5, 5.41) is 26.5. The molecule has 0 saturated carbocycles. The molecule has 0 amide bonds. The molecule has 0 fully saturated rings. The molecule has 0 bridgehead atoms. The second-order valence-electron chi connectivity index (χ2n) is 14.9. The lowest BCUT2D eigenvalue weighted by Gasteiger charge is -2.55. The van der Waals surface area contributed by atoms with Gasteiger partial charge in [-0.05, 0) is 95.7 Å². The van der Waals surface area contributed by atoms with Crippen LogP contribution in [-0.2, 0) is 24.1 Å². The van der Waals surface area contributed by atoms with Crippen LogP contribution in [0.5, 0.6) is 5.88 Å². The van der Waals surface area contributed by atoms with E-state index in [1.165, 1.54) is 0 Å². The molecule has 3 aromatic rings. The first kappa shape index (κ1) is 34.7. The molecule has 6 rings (SSSR count). The van der Waals surface area contributed by atoms with Crippen molar-refractivity contribution in [2.75, 3.05) is 14.1 Å². The molecule has 0 spiro atoms. The van der Waals surface area contributed by atoms with Crippen LogP contribution in [-0.4, -0.2) is 59.8 Å². The number of hydrogen-bond acceptors (Lipinski definition) is 9. The molecule has 3 aliphatic carbocycles. The van der Waals surface area contributed by atoms with Gasteiger partial charge >= 0.3 is 0 Å². The summed E-state index contributed by atoms with van der Waals surface area (Å²) in [4.78, 5) is 31.7. The van der Waals surface area contributed by atoms with E-state index in [2.05, 4.69) is 21.1 Å². The quantitative estimate of drug-likeness (QED) is 0.239. The van der Waals surface area contributed by atoms with Gasteiger partial charge in [-0.15, -0.1) is 0 Å². The zero-order chi connectivity index (χ0) is 35.1. The van der Waals surface area contributed by atoms with Gasteiger partial charge in [0.15, 0.2) is 25.5 Å². The predicted octanol–water partition coefficient (Wildman–Crippen LogP) is 7.40. The van der Waals surface area contributed by atoms with Gasteiger partial charge in [0.05, 0.1) is 17.1 Å². The number of carbonyl (C=O) groups excluding carboxylic acids is 2. The highest BCUT2D eigenvalue weighted by Gasteiger charge is 2.67. The first-order valence-electron chi connectivity index (χ1n) is 16.1. The van der Waals surface area contributed by atoms with Gasteiger partial charge < -0.3 is 23.9 Å². The Morgan fingerprint density at radius 1 is 1.17 bits per heavy atom. The number of nitrogens with zero attached hydrogens (tertiary/aromatic N) is 2. The maximum Gasteiger partial charge on any atom is 0.265 e. The lowest BCUT2D eigenvalue weighted by atomic mass is 9.58. The average Bonchev–Trinajstić information content (AvgIpc) is 3.43. The lowest BCUT2D eigenvalue weighted by Crippen LogP contribution is -2.65. The van der Waals surface area contributed by atoms with Gasteiger partial charge in [0.1, 0.15) is 23.7 Å². The third-order valence-electron chi connectivity index (χ3n) is 10.9. The van der Waals surface area contributed by atoms with E-state index in [1.54, 1.807) is 6.92 Å². The fraction of sp³-hybridized carbons (Fsp3) is 0.472. The van der Waals surface area contributed by atoms with Crippen LogP contribution >= 0.6 is 15.9 Å². The summed E-state index contributed by atoms with van der Waals surface area (Å²) >= 11 is 3.36. The number of ketones is 2. The molecule has 1 heterocycles. The van der Waals surface area contributed by atoms with Gasteiger partial charge in [-0.2, -0.15) is 0 Å². The molecule has 0 aliphatic heterocycles. The number of Topliss-reactive ketones (excluding diaryl/α,β-unsaturated/α-hetero) is 2. The number of fused-ring (bicyclic) bond motifs is 4. The highest BCUT2D eigenvalue weighted by molar-refractivity contribution is 9.10. The Kier molecular flexibility index (Phi) is 8.68. The van der Waals surface area contributed by atoms with Gasteiger partial charge in [0.2, 0.25) is 5.78 Å². The molecule has 3 aliphatic rings. The number of benzene rings is 2. The van der Waals surface area contributed by atoms with Crippen LogP contribution in [0.4, 0.5) is 4.39 Å². The number of aliphatic hydroxyl groups excluding tert-OH is 2. The number of ether oxygens (including phenoxy) is 1. The second kappa shape index (κ2) is 12.0. The molecule has 48 heavy (non-hydrogen) atoms. The second-order valence-corrected chi connectivity index (χ2v) is 20.4. The van der Waals surface area contributed by atoms with Crippen molar-refractivity contribution in [3.8, 4) is 5.88 Å². The van der Waals surface area contributed by atoms with Gasteiger partial charge in [0, 0.05) is 22.6 Å². The molecule has 0 unspecified atom stereocenters. The van der Waals surface area contributed by atoms with Crippen molar-refractivity contribution in [3.63, 3.8) is 0 Å². The van der Waals surface area contributed by atoms with E-state index in [1.807, 2.05) is 83.2 Å². The first-order chi connectivity index (χ1) is 22.5. The summed E-state index contributed by atoms with van der Waals surface area (Å²) in [6.07, 6.45) is 0.503. The molecule has 0 radical (unpaired) electrons. The van der Waals surface area contributed by atoms with Crippen LogP contribution in [0.15, 0.2) is 50.7 Å². The van der Waals surface area contributed by atoms with Gasteiger partial charge in [-0.25, -0.2) is 4.39 Å². The Labute approximate surface area is 289 Å². The number of aromatic nitrogens is 1. The van der Waals surface area contributed by atoms with E-state index in [0.717, 1.165) is 5.56 Å². The van der Waals surface area contributed by atoms with Crippen molar-refractivity contribution in [1.29, 1.82) is 0 Å². The molecule has 12 heteroatoms. The molecular formula is C36H42BrFN2O7Si. The average molecular weight is 742 g/mol. The molecule has 2 N–H and O–H groups in total. The van der Waals surface area contributed by atoms with Crippen LogP contribution in [0.25, 0.3) is 0 Å². The van der Waals surface area contributed by atoms with Crippen molar-refractivity contribution in [1.82, 2.24) is 10.1 Å². The predicted molar refractivity (Wildman–Crippen MR) is 183 cm³/mol. The maximum atomic E-state index is 15.4. The van der Waals surface area contributed by atoms with Crippen LogP contribution in [0, 0.1) is 24.6 Å². The summed E-state index contributed by atoms with van der Waals surface area (Å²) in [7, 11) is 0.851. The summed E-state index contributed by atoms with van der Waals surface area (Å²) in [6, 6.07) is 8.87. The number of rotatable bonds is 7. The fourth-order valence-electron chi connectivity index (χ4n) is 7.46. The van der Waals surface area contributed by atoms with E-state index >= 15 is 9.18 Å². The minimum atomic E-state index is -2.87. The van der Waals surface area contributed by atoms with E-state index in [9.17, 15) is 15.0 Å². The number of aliphatic hydroxyl groups is 2. The van der Waals surface area contributed by atoms with Crippen LogP contribution in [0.2, 0.25) is 18.1 Å². The number of hydrogen-bond donors (Lipinski definition) is 2. The highest BCUT2D eigenvalue weighted by Crippen LogP contribution is 2.60. The van der Waals surface area contributed by atoms with Gasteiger partial charge in [-0.3, -0.25) is 14.5 Å². The Morgan fingerprint density at radius 3 is 2.44 bits per heavy atom. The lowest BCUT2D eigenvalue weighted by molar-refractivity contribution is -0.0480. The standard InChI is InChI=1S/C36H42BrFN2O7Si/c1-18-22(16-41)28(38)27(37)21-14-20-15-23-29(40(5)6)31-26(34(39-46-31)45-17-19-12-10-9-11-13-19)33(44)36(23,47-48(7,8)35(2,3)4)32(43)25(20)30(42)24(18)21/h9-13,20,23,29,41,43H,14-17H2,1-8H3/t20-,23-,29-,36-/m0/s1. The number of allylic oxidation sites excluding steroid dienone is 1. The summed E-state index contributed by atoms with van der Waals surface area (Å²) in [5.74, 6) is -3.05. The van der Waals surface area contributed by atoms with Crippen molar-refractivity contribution in [2.24, 2.45) is 11.8 Å². The molecule has 256 valence electrons. The largest absolute Gasteiger partial charge is 0.508 e. The van der Waals surface area contributed by atoms with E-state index in [4.69, 9.17) is 13.7 Å². The van der Waals surface area contributed by atoms with E-state index < -0.39 is 61.5 Å². The first-order valence-corrected chi connectivity index (χ1v) is 19.8. The third kappa shape index (κ3) is 5.05. The molecule has 0 saturated heterocycles. The smallest absolute Gasteiger partial charge is 0.265 e. The Morgan fingerprint density at radius 2 is 1.83 bits per heavy atom. The normalized spacial score (nSPS) is 24.0. The Balaban J connectivity index is 1.60. The molecule has 9 nitrogen and oxygen atoms in total. The van der Waals surface area contributed by atoms with Crippen molar-refractivity contribution in [2.45, 2.75) is 83.5 Å². The fourth-order valence-corrected chi connectivity index (χ4v) is 9.51. The van der Waals surface area contributed by atoms with Crippen molar-refractivity contribution in [3.05, 3.63) is 91.1 Å². The van der Waals surface area contributed by atoms with Crippen molar-refractivity contribution >= 4 is 35.8 Å². The van der Waals surface area contributed by atoms with Crippen LogP contribution in [0.3, 0.4) is 0 Å². The van der Waals surface area contributed by atoms with Crippen molar-refractivity contribution < 1.29 is 37.9 Å².